The second kappa shape index (κ2) is 31.1. The van der Waals surface area contributed by atoms with Gasteiger partial charge in [0.25, 0.3) is 0 Å². The van der Waals surface area contributed by atoms with Gasteiger partial charge in [0, 0.05) is 38.1 Å². The molecule has 0 aliphatic carbocycles. The van der Waals surface area contributed by atoms with Crippen LogP contribution in [0.25, 0.3) is 10.6 Å². The van der Waals surface area contributed by atoms with E-state index in [-0.39, 0.29) is 53.2 Å². The van der Waals surface area contributed by atoms with E-state index in [9.17, 15) is 0 Å². The van der Waals surface area contributed by atoms with E-state index in [4.69, 9.17) is 23.3 Å². The van der Waals surface area contributed by atoms with Gasteiger partial charge in [0.2, 0.25) is 0 Å². The Morgan fingerprint density at radius 3 is 0.789 bits per heavy atom. The molecule has 2 heterocycles. The molecule has 5 nitrogen and oxygen atoms in total. The van der Waals surface area contributed by atoms with Gasteiger partial charge < -0.3 is 0 Å². The standard InChI is InChI=1S/2C12H13P.5CO.Fe.Mo/c2*1-10-8-13(9-11(10)2)12-6-4-3-5-7-12;5*1-2;;/h2*3-9H,1-2H3;;;;;;;. The van der Waals surface area contributed by atoms with Crippen LogP contribution in [-0.4, -0.2) is 0 Å². The summed E-state index contributed by atoms with van der Waals surface area (Å²) < 4.78 is 37.5. The van der Waals surface area contributed by atoms with Crippen LogP contribution < -0.4 is 0 Å². The molecule has 0 radical (unpaired) electrons. The molecule has 0 saturated heterocycles. The van der Waals surface area contributed by atoms with Crippen molar-refractivity contribution < 1.29 is 61.4 Å². The zero-order chi connectivity index (χ0) is 28.5. The molecule has 0 aliphatic rings. The monoisotopic (exact) mass is 670 g/mol. The van der Waals surface area contributed by atoms with Crippen LogP contribution in [0, 0.1) is 60.9 Å². The Balaban J connectivity index is -0.000000138. The predicted octanol–water partition coefficient (Wildman–Crippen LogP) is 8.37. The first-order valence-electron chi connectivity index (χ1n) is 9.98. The summed E-state index contributed by atoms with van der Waals surface area (Å²) in [5.74, 6) is 9.56. The molecule has 9 heteroatoms. The van der Waals surface area contributed by atoms with Crippen LogP contribution in [0.5, 0.6) is 0 Å². The van der Waals surface area contributed by atoms with Crippen molar-refractivity contribution in [2.45, 2.75) is 27.7 Å². The Labute approximate surface area is 252 Å². The molecule has 0 amide bonds. The summed E-state index contributed by atoms with van der Waals surface area (Å²) in [7, 11) is -0.286. The van der Waals surface area contributed by atoms with Crippen molar-refractivity contribution in [2.75, 3.05) is 0 Å². The van der Waals surface area contributed by atoms with Gasteiger partial charge in [0.15, 0.2) is 0 Å². The molecule has 0 fully saturated rings. The van der Waals surface area contributed by atoms with Gasteiger partial charge in [-0.05, 0) is 83.8 Å². The fourth-order valence-corrected chi connectivity index (χ4v) is 7.08. The van der Waals surface area contributed by atoms with Gasteiger partial charge in [-0.2, -0.15) is 0 Å². The van der Waals surface area contributed by atoms with Gasteiger partial charge >= 0.3 is 56.5 Å². The first kappa shape index (κ1) is 45.8. The predicted molar refractivity (Wildman–Crippen MR) is 140 cm³/mol. The van der Waals surface area contributed by atoms with E-state index in [1.54, 1.807) is 0 Å². The Kier molecular flexibility index (Phi) is 37.5. The number of hydrogen-bond acceptors (Lipinski definition) is 0. The molecule has 2 aromatic carbocycles. The molecular weight excluding hydrogens is 642 g/mol. The molecule has 196 valence electrons. The van der Waals surface area contributed by atoms with E-state index in [0.717, 1.165) is 0 Å². The average molecular weight is 668 g/mol. The number of rotatable bonds is 2. The molecule has 38 heavy (non-hydrogen) atoms. The van der Waals surface area contributed by atoms with Gasteiger partial charge in [-0.25, -0.2) is 0 Å². The maximum atomic E-state index is 7.50. The van der Waals surface area contributed by atoms with Crippen molar-refractivity contribution in [3.8, 4) is 10.6 Å². The first-order valence-corrected chi connectivity index (χ1v) is 12.9. The minimum atomic E-state index is -0.143. The number of hydrogen-bond donors (Lipinski definition) is 0. The molecule has 0 atom stereocenters. The summed E-state index contributed by atoms with van der Waals surface area (Å²) >= 11 is 0. The van der Waals surface area contributed by atoms with Gasteiger partial charge in [-0.15, -0.1) is 0 Å². The molecule has 0 bridgehead atoms. The van der Waals surface area contributed by atoms with E-state index < -0.39 is 0 Å². The van der Waals surface area contributed by atoms with E-state index >= 15 is 0 Å². The second-order valence-corrected chi connectivity index (χ2v) is 10.4. The Morgan fingerprint density at radius 2 is 0.605 bits per heavy atom. The van der Waals surface area contributed by atoms with E-state index in [1.807, 2.05) is 0 Å². The van der Waals surface area contributed by atoms with Crippen LogP contribution in [0.15, 0.2) is 83.9 Å². The summed E-state index contributed by atoms with van der Waals surface area (Å²) in [6.07, 6.45) is 0. The zero-order valence-corrected chi connectivity index (χ0v) is 26.2. The van der Waals surface area contributed by atoms with Crippen LogP contribution in [0.4, 0.5) is 0 Å². The topological polar surface area (TPSA) is 99.5 Å². The normalized spacial score (nSPS) is 7.32. The Hall–Kier alpha value is -2.09. The molecular formula is C29H26FeMoO5P2. The van der Waals surface area contributed by atoms with Gasteiger partial charge in [-0.3, -0.25) is 0 Å². The Bertz CT molecular complexity index is 1050. The van der Waals surface area contributed by atoms with Crippen molar-refractivity contribution in [3.05, 3.63) is 139 Å². The summed E-state index contributed by atoms with van der Waals surface area (Å²) in [4.78, 5) is 0. The summed E-state index contributed by atoms with van der Waals surface area (Å²) in [5.41, 5.74) is 5.76. The summed E-state index contributed by atoms with van der Waals surface area (Å²) in [6, 6.07) is 21.4. The molecule has 2 aromatic heterocycles. The summed E-state index contributed by atoms with van der Waals surface area (Å²) in [5, 5.41) is 2.90. The van der Waals surface area contributed by atoms with E-state index in [2.05, 4.69) is 145 Å². The van der Waals surface area contributed by atoms with Crippen LogP contribution in [0.1, 0.15) is 22.3 Å². The van der Waals surface area contributed by atoms with Crippen molar-refractivity contribution in [3.63, 3.8) is 0 Å². The maximum absolute atomic E-state index is 7.50. The van der Waals surface area contributed by atoms with Crippen LogP contribution in [0.2, 0.25) is 0 Å². The molecule has 0 saturated carbocycles. The fourth-order valence-electron chi connectivity index (χ4n) is 2.81. The number of aryl methyl sites for hydroxylation is 4. The van der Waals surface area contributed by atoms with Crippen molar-refractivity contribution in [1.82, 2.24) is 0 Å². The van der Waals surface area contributed by atoms with E-state index in [1.165, 1.54) is 32.9 Å². The van der Waals surface area contributed by atoms with E-state index in [0.29, 0.717) is 0 Å². The minimum Gasteiger partial charge on any atom is 0 e. The summed E-state index contributed by atoms with van der Waals surface area (Å²) in [6.45, 7) is 31.3. The van der Waals surface area contributed by atoms with Crippen molar-refractivity contribution in [1.29, 1.82) is 0 Å². The molecule has 4 aromatic rings. The first-order chi connectivity index (χ1) is 17.5. The third-order valence-electron chi connectivity index (χ3n) is 4.68. The number of benzene rings is 2. The third kappa shape index (κ3) is 17.4. The fraction of sp³-hybridized carbons (Fsp3) is 0.138. The minimum absolute atomic E-state index is 0. The maximum Gasteiger partial charge on any atom is 0 e. The molecule has 0 unspecified atom stereocenters. The van der Waals surface area contributed by atoms with Crippen molar-refractivity contribution in [2.24, 2.45) is 0 Å². The van der Waals surface area contributed by atoms with Crippen LogP contribution >= 0.6 is 15.1 Å². The SMILES string of the molecule is Cc1cp(-c2ccccc2)cc1C.Cc1cp(-c2ccccc2)cc1C.[C-]#[O+].[C-]#[O+].[C-]#[O+].[C-]#[O+].[C-]#[O+].[Fe].[Mo]. The average Bonchev–Trinajstić information content (AvgIpc) is 3.50. The largest absolute Gasteiger partial charge is 0 e. The molecule has 4 rings (SSSR count). The zero-order valence-electron chi connectivity index (χ0n) is 21.3. The van der Waals surface area contributed by atoms with Gasteiger partial charge in [0.1, 0.15) is 0 Å². The third-order valence-corrected chi connectivity index (χ3v) is 9.13. The van der Waals surface area contributed by atoms with Crippen molar-refractivity contribution >= 4 is 15.1 Å². The second-order valence-electron chi connectivity index (χ2n) is 6.73. The smallest absolute Gasteiger partial charge is 0 e. The van der Waals surface area contributed by atoms with Crippen LogP contribution in [-0.2, 0) is 61.4 Å². The molecule has 0 N–H and O–H groups in total. The van der Waals surface area contributed by atoms with Gasteiger partial charge in [-0.1, -0.05) is 75.7 Å². The quantitative estimate of drug-likeness (QED) is 0.117. The van der Waals surface area contributed by atoms with Gasteiger partial charge in [0.05, 0.1) is 0 Å². The Morgan fingerprint density at radius 1 is 0.421 bits per heavy atom. The van der Waals surface area contributed by atoms with Crippen LogP contribution in [0.3, 0.4) is 0 Å². The molecule has 0 spiro atoms. The molecule has 0 aliphatic heterocycles.